The minimum atomic E-state index is -0.272. The van der Waals surface area contributed by atoms with Crippen LogP contribution in [0, 0.1) is 5.82 Å². The van der Waals surface area contributed by atoms with Gasteiger partial charge in [0.15, 0.2) is 0 Å². The minimum absolute atomic E-state index is 0.0413. The summed E-state index contributed by atoms with van der Waals surface area (Å²) in [5, 5.41) is 3.13. The summed E-state index contributed by atoms with van der Waals surface area (Å²) >= 11 is 0. The van der Waals surface area contributed by atoms with E-state index in [9.17, 15) is 4.39 Å². The van der Waals surface area contributed by atoms with Gasteiger partial charge in [0.1, 0.15) is 17.7 Å². The number of ether oxygens (including phenoxy) is 2. The molecule has 2 unspecified atom stereocenters. The van der Waals surface area contributed by atoms with Crippen LogP contribution in [0.25, 0.3) is 0 Å². The first-order chi connectivity index (χ1) is 8.20. The van der Waals surface area contributed by atoms with E-state index in [2.05, 4.69) is 5.32 Å². The highest BCUT2D eigenvalue weighted by Gasteiger charge is 2.20. The highest BCUT2D eigenvalue weighted by Crippen LogP contribution is 2.28. The Labute approximate surface area is 101 Å². The normalized spacial score (nSPS) is 21.5. The average Bonchev–Trinajstić information content (AvgIpc) is 2.81. The summed E-state index contributed by atoms with van der Waals surface area (Å²) in [5.74, 6) is 0.341. The lowest BCUT2D eigenvalue weighted by atomic mass is 10.1. The number of rotatable bonds is 4. The van der Waals surface area contributed by atoms with E-state index in [0.29, 0.717) is 12.4 Å². The van der Waals surface area contributed by atoms with E-state index in [4.69, 9.17) is 9.47 Å². The zero-order valence-corrected chi connectivity index (χ0v) is 10.2. The van der Waals surface area contributed by atoms with Crippen LogP contribution < -0.4 is 10.1 Å². The summed E-state index contributed by atoms with van der Waals surface area (Å²) in [6.45, 7) is 3.33. The molecule has 1 aromatic rings. The molecule has 1 saturated heterocycles. The summed E-state index contributed by atoms with van der Waals surface area (Å²) in [7, 11) is 1.87. The van der Waals surface area contributed by atoms with Crippen molar-refractivity contribution in [3.05, 3.63) is 29.6 Å². The monoisotopic (exact) mass is 239 g/mol. The standard InChI is InChI=1S/C13H18FNO2/c1-9(15-2)12-4-3-10(14)7-13(12)17-11-5-6-16-8-11/h3-4,7,9,11,15H,5-6,8H2,1-2H3. The van der Waals surface area contributed by atoms with Crippen molar-refractivity contribution in [3.63, 3.8) is 0 Å². The summed E-state index contributed by atoms with van der Waals surface area (Å²) < 4.78 is 24.3. The average molecular weight is 239 g/mol. The highest BCUT2D eigenvalue weighted by atomic mass is 19.1. The molecule has 0 spiro atoms. The molecule has 0 bridgehead atoms. The summed E-state index contributed by atoms with van der Waals surface area (Å²) in [6.07, 6.45) is 0.906. The smallest absolute Gasteiger partial charge is 0.127 e. The molecule has 3 nitrogen and oxygen atoms in total. The molecular formula is C13H18FNO2. The van der Waals surface area contributed by atoms with E-state index in [0.717, 1.165) is 18.6 Å². The Hall–Kier alpha value is -1.13. The molecule has 1 N–H and O–H groups in total. The van der Waals surface area contributed by atoms with E-state index in [-0.39, 0.29) is 18.0 Å². The van der Waals surface area contributed by atoms with Gasteiger partial charge < -0.3 is 14.8 Å². The number of hydrogen-bond acceptors (Lipinski definition) is 3. The molecule has 0 amide bonds. The molecule has 1 fully saturated rings. The lowest BCUT2D eigenvalue weighted by Gasteiger charge is -2.19. The Morgan fingerprint density at radius 1 is 1.53 bits per heavy atom. The van der Waals surface area contributed by atoms with Crippen molar-refractivity contribution < 1.29 is 13.9 Å². The molecule has 2 atom stereocenters. The van der Waals surface area contributed by atoms with Gasteiger partial charge in [0, 0.05) is 24.1 Å². The van der Waals surface area contributed by atoms with E-state index >= 15 is 0 Å². The number of halogens is 1. The van der Waals surface area contributed by atoms with Crippen molar-refractivity contribution in [1.82, 2.24) is 5.32 Å². The highest BCUT2D eigenvalue weighted by molar-refractivity contribution is 5.36. The maximum atomic E-state index is 13.3. The van der Waals surface area contributed by atoms with E-state index < -0.39 is 0 Å². The SMILES string of the molecule is CNC(C)c1ccc(F)cc1OC1CCOC1. The third-order valence-corrected chi connectivity index (χ3v) is 3.06. The van der Waals surface area contributed by atoms with Gasteiger partial charge in [-0.05, 0) is 20.0 Å². The predicted molar refractivity (Wildman–Crippen MR) is 63.7 cm³/mol. The van der Waals surface area contributed by atoms with Crippen LogP contribution in [0.3, 0.4) is 0 Å². The van der Waals surface area contributed by atoms with Crippen LogP contribution in [0.4, 0.5) is 4.39 Å². The lowest BCUT2D eigenvalue weighted by molar-refractivity contribution is 0.140. The van der Waals surface area contributed by atoms with Crippen molar-refractivity contribution in [1.29, 1.82) is 0 Å². The molecule has 1 aromatic carbocycles. The second kappa shape index (κ2) is 5.47. The molecule has 4 heteroatoms. The quantitative estimate of drug-likeness (QED) is 0.874. The molecule has 0 radical (unpaired) electrons. The molecule has 2 rings (SSSR count). The zero-order chi connectivity index (χ0) is 12.3. The number of hydrogen-bond donors (Lipinski definition) is 1. The van der Waals surface area contributed by atoms with Crippen molar-refractivity contribution in [2.45, 2.75) is 25.5 Å². The molecule has 1 heterocycles. The van der Waals surface area contributed by atoms with Gasteiger partial charge in [0.05, 0.1) is 13.2 Å². The molecule has 94 valence electrons. The Morgan fingerprint density at radius 3 is 3.00 bits per heavy atom. The van der Waals surface area contributed by atoms with Crippen molar-refractivity contribution in [2.24, 2.45) is 0 Å². The summed E-state index contributed by atoms with van der Waals surface area (Å²) in [6, 6.07) is 4.80. The fourth-order valence-corrected chi connectivity index (χ4v) is 1.91. The van der Waals surface area contributed by atoms with Crippen LogP contribution in [0.2, 0.25) is 0 Å². The largest absolute Gasteiger partial charge is 0.487 e. The maximum absolute atomic E-state index is 13.3. The van der Waals surface area contributed by atoms with Crippen molar-refractivity contribution in [2.75, 3.05) is 20.3 Å². The second-order valence-electron chi connectivity index (χ2n) is 4.30. The minimum Gasteiger partial charge on any atom is -0.487 e. The fourth-order valence-electron chi connectivity index (χ4n) is 1.91. The predicted octanol–water partition coefficient (Wildman–Crippen LogP) is 2.27. The maximum Gasteiger partial charge on any atom is 0.127 e. The molecule has 1 aliphatic rings. The van der Waals surface area contributed by atoms with Gasteiger partial charge in [-0.1, -0.05) is 6.07 Å². The lowest BCUT2D eigenvalue weighted by Crippen LogP contribution is -2.19. The third kappa shape index (κ3) is 2.96. The van der Waals surface area contributed by atoms with Crippen LogP contribution in [0.15, 0.2) is 18.2 Å². The molecule has 0 aromatic heterocycles. The first kappa shape index (κ1) is 12.3. The van der Waals surface area contributed by atoms with Crippen LogP contribution in [-0.2, 0) is 4.74 Å². The number of benzene rings is 1. The van der Waals surface area contributed by atoms with Gasteiger partial charge in [-0.15, -0.1) is 0 Å². The summed E-state index contributed by atoms with van der Waals surface area (Å²) in [4.78, 5) is 0. The summed E-state index contributed by atoms with van der Waals surface area (Å²) in [5.41, 5.74) is 0.973. The first-order valence-corrected chi connectivity index (χ1v) is 5.92. The van der Waals surface area contributed by atoms with Crippen molar-refractivity contribution in [3.8, 4) is 5.75 Å². The first-order valence-electron chi connectivity index (χ1n) is 5.92. The Balaban J connectivity index is 2.19. The van der Waals surface area contributed by atoms with Gasteiger partial charge >= 0.3 is 0 Å². The Morgan fingerprint density at radius 2 is 2.35 bits per heavy atom. The van der Waals surface area contributed by atoms with Gasteiger partial charge in [0.2, 0.25) is 0 Å². The Bertz CT molecular complexity index is 378. The zero-order valence-electron chi connectivity index (χ0n) is 10.2. The van der Waals surface area contributed by atoms with Crippen LogP contribution in [-0.4, -0.2) is 26.4 Å². The van der Waals surface area contributed by atoms with Crippen LogP contribution in [0.1, 0.15) is 24.9 Å². The van der Waals surface area contributed by atoms with Gasteiger partial charge in [-0.2, -0.15) is 0 Å². The number of nitrogens with one attached hydrogen (secondary N) is 1. The van der Waals surface area contributed by atoms with Gasteiger partial charge in [-0.25, -0.2) is 4.39 Å². The van der Waals surface area contributed by atoms with Gasteiger partial charge in [0.25, 0.3) is 0 Å². The molecule has 17 heavy (non-hydrogen) atoms. The Kier molecular flexibility index (Phi) is 3.97. The fraction of sp³-hybridized carbons (Fsp3) is 0.538. The molecule has 1 aliphatic heterocycles. The van der Waals surface area contributed by atoms with Crippen molar-refractivity contribution >= 4 is 0 Å². The topological polar surface area (TPSA) is 30.5 Å². The van der Waals surface area contributed by atoms with E-state index in [1.54, 1.807) is 6.07 Å². The van der Waals surface area contributed by atoms with Crippen LogP contribution >= 0.6 is 0 Å². The van der Waals surface area contributed by atoms with Gasteiger partial charge in [-0.3, -0.25) is 0 Å². The van der Waals surface area contributed by atoms with E-state index in [1.165, 1.54) is 12.1 Å². The molecule has 0 saturated carbocycles. The second-order valence-corrected chi connectivity index (χ2v) is 4.30. The van der Waals surface area contributed by atoms with Crippen LogP contribution in [0.5, 0.6) is 5.75 Å². The molecular weight excluding hydrogens is 221 g/mol. The molecule has 0 aliphatic carbocycles. The van der Waals surface area contributed by atoms with E-state index in [1.807, 2.05) is 14.0 Å². The third-order valence-electron chi connectivity index (χ3n) is 3.06.